The first kappa shape index (κ1) is 19.0. The molecule has 1 atom stereocenters. The van der Waals surface area contributed by atoms with Gasteiger partial charge in [-0.25, -0.2) is 4.79 Å². The molecular weight excluding hydrogens is 332 g/mol. The van der Waals surface area contributed by atoms with Gasteiger partial charge in [0.25, 0.3) is 0 Å². The van der Waals surface area contributed by atoms with Crippen LogP contribution in [0.1, 0.15) is 18.4 Å². The number of hydrogen-bond acceptors (Lipinski definition) is 3. The van der Waals surface area contributed by atoms with E-state index in [0.29, 0.717) is 18.7 Å². The standard InChI is InChI=1S/C17H23F2N3O3/c1-21(2)17(24)22-8-4-6-13(11-22)15(23)20-10-12-5-3-7-14(9-12)25-16(18)19/h3,5,7,9,13,16H,4,6,8,10-11H2,1-2H3,(H,20,23)/t13-/m0/s1. The molecule has 1 heterocycles. The smallest absolute Gasteiger partial charge is 0.387 e. The summed E-state index contributed by atoms with van der Waals surface area (Å²) >= 11 is 0. The number of amides is 3. The molecule has 0 unspecified atom stereocenters. The Balaban J connectivity index is 1.88. The first-order valence-electron chi connectivity index (χ1n) is 8.14. The first-order chi connectivity index (χ1) is 11.9. The van der Waals surface area contributed by atoms with Gasteiger partial charge < -0.3 is 19.9 Å². The van der Waals surface area contributed by atoms with E-state index in [9.17, 15) is 18.4 Å². The maximum Gasteiger partial charge on any atom is 0.387 e. The zero-order valence-corrected chi connectivity index (χ0v) is 14.4. The van der Waals surface area contributed by atoms with E-state index in [0.717, 1.165) is 12.8 Å². The number of halogens is 2. The number of carbonyl (C=O) groups excluding carboxylic acids is 2. The van der Waals surface area contributed by atoms with E-state index in [4.69, 9.17) is 0 Å². The Morgan fingerprint density at radius 1 is 1.40 bits per heavy atom. The quantitative estimate of drug-likeness (QED) is 0.882. The van der Waals surface area contributed by atoms with Crippen LogP contribution in [0.5, 0.6) is 5.75 Å². The van der Waals surface area contributed by atoms with Gasteiger partial charge in [0.2, 0.25) is 5.91 Å². The average molecular weight is 355 g/mol. The third-order valence-electron chi connectivity index (χ3n) is 4.04. The normalized spacial score (nSPS) is 17.3. The molecule has 1 saturated heterocycles. The molecule has 1 aliphatic heterocycles. The van der Waals surface area contributed by atoms with Crippen molar-refractivity contribution >= 4 is 11.9 Å². The van der Waals surface area contributed by atoms with Crippen LogP contribution in [0.25, 0.3) is 0 Å². The summed E-state index contributed by atoms with van der Waals surface area (Å²) in [5.74, 6) is -0.350. The number of nitrogens with zero attached hydrogens (tertiary/aromatic N) is 2. The molecule has 1 aliphatic rings. The highest BCUT2D eigenvalue weighted by atomic mass is 19.3. The fraction of sp³-hybridized carbons (Fsp3) is 0.529. The van der Waals surface area contributed by atoms with Crippen molar-refractivity contribution in [2.75, 3.05) is 27.2 Å². The van der Waals surface area contributed by atoms with Crippen LogP contribution >= 0.6 is 0 Å². The molecule has 8 heteroatoms. The van der Waals surface area contributed by atoms with Crippen LogP contribution in [0.3, 0.4) is 0 Å². The van der Waals surface area contributed by atoms with Crippen molar-refractivity contribution in [3.63, 3.8) is 0 Å². The molecule has 25 heavy (non-hydrogen) atoms. The fourth-order valence-corrected chi connectivity index (χ4v) is 2.81. The van der Waals surface area contributed by atoms with Gasteiger partial charge in [-0.15, -0.1) is 0 Å². The maximum absolute atomic E-state index is 12.4. The summed E-state index contributed by atoms with van der Waals surface area (Å²) < 4.78 is 28.8. The number of hydrogen-bond donors (Lipinski definition) is 1. The lowest BCUT2D eigenvalue weighted by atomic mass is 9.97. The molecule has 1 N–H and O–H groups in total. The number of rotatable bonds is 5. The van der Waals surface area contributed by atoms with E-state index in [1.807, 2.05) is 0 Å². The third-order valence-corrected chi connectivity index (χ3v) is 4.04. The van der Waals surface area contributed by atoms with Crippen molar-refractivity contribution in [2.45, 2.75) is 26.0 Å². The number of urea groups is 1. The van der Waals surface area contributed by atoms with Gasteiger partial charge in [0.05, 0.1) is 5.92 Å². The van der Waals surface area contributed by atoms with Crippen molar-refractivity contribution in [3.8, 4) is 5.75 Å². The van der Waals surface area contributed by atoms with E-state index in [1.165, 1.54) is 17.0 Å². The molecule has 1 fully saturated rings. The number of benzene rings is 1. The van der Waals surface area contributed by atoms with E-state index >= 15 is 0 Å². The van der Waals surface area contributed by atoms with Gasteiger partial charge in [-0.3, -0.25) is 4.79 Å². The molecule has 3 amide bonds. The van der Waals surface area contributed by atoms with Crippen molar-refractivity contribution in [1.82, 2.24) is 15.1 Å². The van der Waals surface area contributed by atoms with E-state index in [2.05, 4.69) is 10.1 Å². The summed E-state index contributed by atoms with van der Waals surface area (Å²) in [6.45, 7) is -1.63. The van der Waals surface area contributed by atoms with Crippen LogP contribution in [0.4, 0.5) is 13.6 Å². The largest absolute Gasteiger partial charge is 0.435 e. The van der Waals surface area contributed by atoms with Crippen LogP contribution in [-0.2, 0) is 11.3 Å². The summed E-state index contributed by atoms with van der Waals surface area (Å²) in [4.78, 5) is 27.5. The number of likely N-dealkylation sites (tertiary alicyclic amines) is 1. The van der Waals surface area contributed by atoms with Crippen LogP contribution in [0, 0.1) is 5.92 Å². The van der Waals surface area contributed by atoms with E-state index in [1.54, 1.807) is 31.1 Å². The first-order valence-corrected chi connectivity index (χ1v) is 8.14. The molecular formula is C17H23F2N3O3. The lowest BCUT2D eigenvalue weighted by Crippen LogP contribution is -2.48. The van der Waals surface area contributed by atoms with Crippen molar-refractivity contribution in [1.29, 1.82) is 0 Å². The third kappa shape index (κ3) is 5.58. The molecule has 0 spiro atoms. The Morgan fingerprint density at radius 3 is 2.84 bits per heavy atom. The number of alkyl halides is 2. The number of nitrogens with one attached hydrogen (secondary N) is 1. The van der Waals surface area contributed by atoms with Crippen LogP contribution in [-0.4, -0.2) is 55.5 Å². The fourth-order valence-electron chi connectivity index (χ4n) is 2.81. The van der Waals surface area contributed by atoms with Crippen molar-refractivity contribution < 1.29 is 23.1 Å². The SMILES string of the molecule is CN(C)C(=O)N1CCC[C@H](C(=O)NCc2cccc(OC(F)F)c2)C1. The van der Waals surface area contributed by atoms with Gasteiger partial charge in [-0.1, -0.05) is 12.1 Å². The monoisotopic (exact) mass is 355 g/mol. The summed E-state index contributed by atoms with van der Waals surface area (Å²) in [5, 5.41) is 2.80. The topological polar surface area (TPSA) is 61.9 Å². The second-order valence-corrected chi connectivity index (χ2v) is 6.21. The zero-order chi connectivity index (χ0) is 18.4. The predicted molar refractivity (Wildman–Crippen MR) is 88.3 cm³/mol. The second-order valence-electron chi connectivity index (χ2n) is 6.21. The van der Waals surface area contributed by atoms with Crippen LogP contribution in [0.15, 0.2) is 24.3 Å². The van der Waals surface area contributed by atoms with E-state index < -0.39 is 6.61 Å². The lowest BCUT2D eigenvalue weighted by molar-refractivity contribution is -0.126. The molecule has 2 rings (SSSR count). The summed E-state index contributed by atoms with van der Waals surface area (Å²) in [6, 6.07) is 6.12. The van der Waals surface area contributed by atoms with Crippen molar-refractivity contribution in [2.24, 2.45) is 5.92 Å². The van der Waals surface area contributed by atoms with Gasteiger partial charge in [0.1, 0.15) is 5.75 Å². The van der Waals surface area contributed by atoms with Crippen LogP contribution in [0.2, 0.25) is 0 Å². The summed E-state index contributed by atoms with van der Waals surface area (Å²) in [6.07, 6.45) is 1.49. The average Bonchev–Trinajstić information content (AvgIpc) is 2.58. The number of piperidine rings is 1. The number of ether oxygens (including phenoxy) is 1. The second kappa shape index (κ2) is 8.64. The van der Waals surface area contributed by atoms with E-state index in [-0.39, 0.29) is 30.2 Å². The maximum atomic E-state index is 12.4. The molecule has 0 radical (unpaired) electrons. The van der Waals surface area contributed by atoms with Gasteiger partial charge in [-0.05, 0) is 30.5 Å². The predicted octanol–water partition coefficient (Wildman–Crippen LogP) is 2.30. The molecule has 1 aromatic carbocycles. The molecule has 6 nitrogen and oxygen atoms in total. The van der Waals surface area contributed by atoms with Gasteiger partial charge in [0, 0.05) is 33.7 Å². The van der Waals surface area contributed by atoms with Crippen LogP contribution < -0.4 is 10.1 Å². The van der Waals surface area contributed by atoms with Gasteiger partial charge in [-0.2, -0.15) is 8.78 Å². The highest BCUT2D eigenvalue weighted by molar-refractivity contribution is 5.80. The zero-order valence-electron chi connectivity index (χ0n) is 14.4. The molecule has 0 aliphatic carbocycles. The minimum absolute atomic E-state index is 0.0576. The van der Waals surface area contributed by atoms with Crippen molar-refractivity contribution in [3.05, 3.63) is 29.8 Å². The summed E-state index contributed by atoms with van der Waals surface area (Å²) in [7, 11) is 3.36. The molecule has 1 aromatic rings. The van der Waals surface area contributed by atoms with Gasteiger partial charge in [0.15, 0.2) is 0 Å². The highest BCUT2D eigenvalue weighted by Crippen LogP contribution is 2.19. The highest BCUT2D eigenvalue weighted by Gasteiger charge is 2.28. The summed E-state index contributed by atoms with van der Waals surface area (Å²) in [5.41, 5.74) is 0.670. The van der Waals surface area contributed by atoms with Gasteiger partial charge >= 0.3 is 12.6 Å². The number of carbonyl (C=O) groups is 2. The molecule has 0 bridgehead atoms. The Hall–Kier alpha value is -2.38. The Labute approximate surface area is 145 Å². The Morgan fingerprint density at radius 2 is 2.16 bits per heavy atom. The molecule has 138 valence electrons. The minimum Gasteiger partial charge on any atom is -0.435 e. The lowest BCUT2D eigenvalue weighted by Gasteiger charge is -2.33. The molecule has 0 saturated carbocycles. The Bertz CT molecular complexity index is 611. The Kier molecular flexibility index (Phi) is 6.55. The minimum atomic E-state index is -2.88. The molecule has 0 aromatic heterocycles.